The Balaban J connectivity index is 1.35. The number of aromatic nitrogens is 2. The van der Waals surface area contributed by atoms with Crippen LogP contribution in [0.25, 0.3) is 11.3 Å². The maximum atomic E-state index is 6.18. The lowest BCUT2D eigenvalue weighted by Crippen LogP contribution is -2.44. The molecule has 2 aliphatic heterocycles. The first-order valence-corrected chi connectivity index (χ1v) is 12.5. The molecule has 0 radical (unpaired) electrons. The van der Waals surface area contributed by atoms with E-state index in [0.29, 0.717) is 39.0 Å². The van der Waals surface area contributed by atoms with E-state index in [2.05, 4.69) is 38.7 Å². The highest BCUT2D eigenvalue weighted by Gasteiger charge is 2.12. The van der Waals surface area contributed by atoms with Gasteiger partial charge < -0.3 is 24.8 Å². The Morgan fingerprint density at radius 2 is 1.81 bits per heavy atom. The van der Waals surface area contributed by atoms with Gasteiger partial charge in [-0.15, -0.1) is 0 Å². The molecule has 2 aliphatic rings. The number of hydrogen-bond acceptors (Lipinski definition) is 8. The van der Waals surface area contributed by atoms with E-state index < -0.39 is 0 Å². The Kier molecular flexibility index (Phi) is 8.54. The van der Waals surface area contributed by atoms with Crippen molar-refractivity contribution in [3.63, 3.8) is 0 Å². The molecule has 188 valence electrons. The van der Waals surface area contributed by atoms with Crippen LogP contribution in [0, 0.1) is 0 Å². The van der Waals surface area contributed by atoms with E-state index in [1.807, 2.05) is 42.5 Å². The zero-order chi connectivity index (χ0) is 24.4. The van der Waals surface area contributed by atoms with Gasteiger partial charge in [-0.25, -0.2) is 9.97 Å². The molecule has 2 N–H and O–H groups in total. The molecule has 0 saturated carbocycles. The highest BCUT2D eigenvalue weighted by molar-refractivity contribution is 5.63. The fourth-order valence-electron chi connectivity index (χ4n) is 4.28. The second kappa shape index (κ2) is 12.6. The van der Waals surface area contributed by atoms with Gasteiger partial charge in [0.2, 0.25) is 5.95 Å². The number of fused-ring (bicyclic) bond motifs is 7. The van der Waals surface area contributed by atoms with E-state index >= 15 is 0 Å². The first kappa shape index (κ1) is 24.4. The van der Waals surface area contributed by atoms with Crippen molar-refractivity contribution in [3.05, 3.63) is 78.0 Å². The average Bonchev–Trinajstić information content (AvgIpc) is 2.92. The Morgan fingerprint density at radius 1 is 0.944 bits per heavy atom. The van der Waals surface area contributed by atoms with E-state index in [9.17, 15) is 0 Å². The van der Waals surface area contributed by atoms with Crippen LogP contribution in [0.3, 0.4) is 0 Å². The van der Waals surface area contributed by atoms with Crippen molar-refractivity contribution in [1.82, 2.24) is 20.2 Å². The van der Waals surface area contributed by atoms with Gasteiger partial charge in [-0.1, -0.05) is 30.4 Å². The predicted octanol–water partition coefficient (Wildman–Crippen LogP) is 3.77. The SMILES string of the molecule is C1=C/COCc2cc(ccc2OCCN2CCNCC2)Nc2nccc(n2)-c2cccc(c2)COC/1. The summed E-state index contributed by atoms with van der Waals surface area (Å²) in [6.45, 7) is 7.74. The molecule has 0 atom stereocenters. The molecule has 5 rings (SSSR count). The molecular weight excluding hydrogens is 454 g/mol. The van der Waals surface area contributed by atoms with Gasteiger partial charge in [0.15, 0.2) is 0 Å². The van der Waals surface area contributed by atoms with Crippen LogP contribution in [0.4, 0.5) is 11.6 Å². The second-order valence-electron chi connectivity index (χ2n) is 8.86. The second-order valence-corrected chi connectivity index (χ2v) is 8.86. The van der Waals surface area contributed by atoms with E-state index in [0.717, 1.165) is 66.5 Å². The highest BCUT2D eigenvalue weighted by atomic mass is 16.5. The minimum absolute atomic E-state index is 0.440. The van der Waals surface area contributed by atoms with Crippen LogP contribution in [0.15, 0.2) is 66.9 Å². The molecule has 0 amide bonds. The van der Waals surface area contributed by atoms with Crippen LogP contribution in [0.5, 0.6) is 5.75 Å². The summed E-state index contributed by atoms with van der Waals surface area (Å²) < 4.78 is 17.9. The van der Waals surface area contributed by atoms with E-state index in [1.165, 1.54) is 0 Å². The van der Waals surface area contributed by atoms with Crippen LogP contribution in [-0.4, -0.2) is 67.4 Å². The third-order valence-corrected chi connectivity index (χ3v) is 6.19. The summed E-state index contributed by atoms with van der Waals surface area (Å²) in [5.74, 6) is 1.38. The lowest BCUT2D eigenvalue weighted by molar-refractivity contribution is 0.137. The topological polar surface area (TPSA) is 80.8 Å². The minimum atomic E-state index is 0.440. The van der Waals surface area contributed by atoms with Crippen LogP contribution >= 0.6 is 0 Å². The number of rotatable bonds is 4. The number of nitrogens with zero attached hydrogens (tertiary/aromatic N) is 3. The molecule has 36 heavy (non-hydrogen) atoms. The van der Waals surface area contributed by atoms with Crippen molar-refractivity contribution < 1.29 is 14.2 Å². The van der Waals surface area contributed by atoms with Crippen LogP contribution < -0.4 is 15.4 Å². The van der Waals surface area contributed by atoms with Gasteiger partial charge in [0.1, 0.15) is 12.4 Å². The van der Waals surface area contributed by atoms with Crippen molar-refractivity contribution in [2.45, 2.75) is 13.2 Å². The Hall–Kier alpha value is -3.30. The molecule has 3 aromatic rings. The van der Waals surface area contributed by atoms with Gasteiger partial charge in [-0.05, 0) is 35.9 Å². The predicted molar refractivity (Wildman–Crippen MR) is 140 cm³/mol. The maximum Gasteiger partial charge on any atom is 0.227 e. The summed E-state index contributed by atoms with van der Waals surface area (Å²) >= 11 is 0. The van der Waals surface area contributed by atoms with Crippen molar-refractivity contribution in [3.8, 4) is 17.0 Å². The van der Waals surface area contributed by atoms with Gasteiger partial charge in [0.25, 0.3) is 0 Å². The van der Waals surface area contributed by atoms with Gasteiger partial charge in [-0.3, -0.25) is 4.90 Å². The zero-order valence-electron chi connectivity index (χ0n) is 20.5. The summed E-state index contributed by atoms with van der Waals surface area (Å²) in [4.78, 5) is 11.6. The van der Waals surface area contributed by atoms with Crippen LogP contribution in [0.2, 0.25) is 0 Å². The lowest BCUT2D eigenvalue weighted by atomic mass is 10.1. The van der Waals surface area contributed by atoms with E-state index in [1.54, 1.807) is 6.20 Å². The van der Waals surface area contributed by atoms with Crippen molar-refractivity contribution in [2.75, 3.05) is 57.9 Å². The fourth-order valence-corrected chi connectivity index (χ4v) is 4.28. The van der Waals surface area contributed by atoms with Gasteiger partial charge >= 0.3 is 0 Å². The number of benzene rings is 2. The average molecular weight is 488 g/mol. The molecule has 1 aromatic heterocycles. The maximum absolute atomic E-state index is 6.18. The summed E-state index contributed by atoms with van der Waals surface area (Å²) in [5.41, 5.74) is 4.85. The first-order chi connectivity index (χ1) is 17.8. The number of hydrogen-bond donors (Lipinski definition) is 2. The van der Waals surface area contributed by atoms with Gasteiger partial charge in [0.05, 0.1) is 32.1 Å². The minimum Gasteiger partial charge on any atom is -0.492 e. The number of ether oxygens (including phenoxy) is 3. The summed E-state index contributed by atoms with van der Waals surface area (Å²) in [6.07, 6.45) is 5.76. The van der Waals surface area contributed by atoms with Gasteiger partial charge in [0, 0.05) is 55.7 Å². The quantitative estimate of drug-likeness (QED) is 0.539. The number of piperazine rings is 1. The largest absolute Gasteiger partial charge is 0.492 e. The van der Waals surface area contributed by atoms with E-state index in [-0.39, 0.29) is 0 Å². The molecule has 1 fully saturated rings. The smallest absolute Gasteiger partial charge is 0.227 e. The molecule has 1 saturated heterocycles. The molecule has 8 nitrogen and oxygen atoms in total. The Morgan fingerprint density at radius 3 is 2.69 bits per heavy atom. The molecule has 0 aliphatic carbocycles. The van der Waals surface area contributed by atoms with Crippen LogP contribution in [-0.2, 0) is 22.7 Å². The van der Waals surface area contributed by atoms with Crippen molar-refractivity contribution in [1.29, 1.82) is 0 Å². The molecule has 2 aromatic carbocycles. The summed E-state index contributed by atoms with van der Waals surface area (Å²) in [5, 5.41) is 6.73. The van der Waals surface area contributed by atoms with Gasteiger partial charge in [-0.2, -0.15) is 0 Å². The third-order valence-electron chi connectivity index (χ3n) is 6.19. The fraction of sp³-hybridized carbons (Fsp3) is 0.357. The lowest BCUT2D eigenvalue weighted by Gasteiger charge is -2.27. The van der Waals surface area contributed by atoms with Crippen molar-refractivity contribution >= 4 is 11.6 Å². The molecule has 6 bridgehead atoms. The van der Waals surface area contributed by atoms with Crippen LogP contribution in [0.1, 0.15) is 11.1 Å². The molecule has 0 spiro atoms. The summed E-state index contributed by atoms with van der Waals surface area (Å²) in [6, 6.07) is 16.2. The molecule has 3 heterocycles. The number of anilines is 2. The van der Waals surface area contributed by atoms with Crippen molar-refractivity contribution in [2.24, 2.45) is 0 Å². The monoisotopic (exact) mass is 487 g/mol. The first-order valence-electron chi connectivity index (χ1n) is 12.5. The normalized spacial score (nSPS) is 17.9. The zero-order valence-corrected chi connectivity index (χ0v) is 20.5. The molecule has 0 unspecified atom stereocenters. The third kappa shape index (κ3) is 6.89. The summed E-state index contributed by atoms with van der Waals surface area (Å²) in [7, 11) is 0. The number of nitrogens with one attached hydrogen (secondary N) is 2. The molecular formula is C28H33N5O3. The highest BCUT2D eigenvalue weighted by Crippen LogP contribution is 2.26. The van der Waals surface area contributed by atoms with E-state index in [4.69, 9.17) is 19.2 Å². The Bertz CT molecular complexity index is 1160. The molecule has 8 heteroatoms. The standard InChI is InChI=1S/C28H33N5O3/c1-2-16-35-21-24-19-25(6-7-27(24)36-17-14-33-12-10-29-11-13-33)31-28-30-9-8-26(32-28)23-5-3-4-22(18-23)20-34-15-1/h1-9,18-19,29H,10-17,20-21H2,(H,30,31,32)/b2-1+. The Labute approximate surface area is 212 Å².